The fourth-order valence-corrected chi connectivity index (χ4v) is 1.15. The number of hydrogen-bond acceptors (Lipinski definition) is 5. The van der Waals surface area contributed by atoms with Crippen LogP contribution in [0.3, 0.4) is 0 Å². The van der Waals surface area contributed by atoms with Crippen LogP contribution in [0.4, 0.5) is 8.78 Å². The van der Waals surface area contributed by atoms with E-state index < -0.39 is 29.4 Å². The molecule has 1 aromatic heterocycles. The number of carbonyl (C=O) groups excluding carboxylic acids is 1. The van der Waals surface area contributed by atoms with Crippen LogP contribution in [-0.2, 0) is 11.3 Å². The normalized spacial score (nSPS) is 10.6. The first kappa shape index (κ1) is 12.3. The van der Waals surface area contributed by atoms with Crippen molar-refractivity contribution < 1.29 is 23.4 Å². The maximum absolute atomic E-state index is 12.6. The highest BCUT2D eigenvalue weighted by Crippen LogP contribution is 2.26. The average molecular weight is 232 g/mol. The van der Waals surface area contributed by atoms with Gasteiger partial charge in [-0.3, -0.25) is 0 Å². The molecule has 0 aromatic carbocycles. The molecule has 0 saturated carbocycles. The summed E-state index contributed by atoms with van der Waals surface area (Å²) < 4.78 is 29.5. The Morgan fingerprint density at radius 3 is 2.75 bits per heavy atom. The number of aromatic hydroxyl groups is 1. The first-order valence-electron chi connectivity index (χ1n) is 4.30. The summed E-state index contributed by atoms with van der Waals surface area (Å²) in [5.74, 6) is -1.39. The van der Waals surface area contributed by atoms with E-state index in [1.54, 1.807) is 0 Å². The minimum absolute atomic E-state index is 0.0945. The highest BCUT2D eigenvalue weighted by molar-refractivity contribution is 5.91. The highest BCUT2D eigenvalue weighted by Gasteiger charge is 2.23. The van der Waals surface area contributed by atoms with Crippen LogP contribution in [0.15, 0.2) is 6.07 Å². The fraction of sp³-hybridized carbons (Fsp3) is 0.333. The zero-order valence-electron chi connectivity index (χ0n) is 8.41. The fourth-order valence-electron chi connectivity index (χ4n) is 1.15. The topological polar surface area (TPSA) is 85.4 Å². The van der Waals surface area contributed by atoms with Gasteiger partial charge in [-0.15, -0.1) is 0 Å². The Morgan fingerprint density at radius 1 is 1.69 bits per heavy atom. The molecule has 0 spiro atoms. The maximum atomic E-state index is 12.6. The number of nitrogens with two attached hydrogens (primary N) is 1. The zero-order valence-corrected chi connectivity index (χ0v) is 8.41. The molecule has 7 heteroatoms. The lowest BCUT2D eigenvalue weighted by molar-refractivity contribution is 0.0586. The summed E-state index contributed by atoms with van der Waals surface area (Å²) in [6, 6.07) is 0.878. The van der Waals surface area contributed by atoms with Crippen molar-refractivity contribution in [2.45, 2.75) is 13.0 Å². The molecule has 0 unspecified atom stereocenters. The average Bonchev–Trinajstić information content (AvgIpc) is 2.27. The molecule has 16 heavy (non-hydrogen) atoms. The smallest absolute Gasteiger partial charge is 0.340 e. The van der Waals surface area contributed by atoms with Crippen molar-refractivity contribution in [1.29, 1.82) is 0 Å². The highest BCUT2D eigenvalue weighted by atomic mass is 19.3. The molecule has 1 aromatic rings. The van der Waals surface area contributed by atoms with Gasteiger partial charge in [0.05, 0.1) is 18.4 Å². The Morgan fingerprint density at radius 2 is 2.31 bits per heavy atom. The Bertz CT molecular complexity index is 410. The number of hydrogen-bond donors (Lipinski definition) is 2. The number of rotatable bonds is 3. The van der Waals surface area contributed by atoms with Gasteiger partial charge in [0.1, 0.15) is 11.4 Å². The van der Waals surface area contributed by atoms with Crippen LogP contribution in [0.1, 0.15) is 28.2 Å². The van der Waals surface area contributed by atoms with Gasteiger partial charge in [-0.2, -0.15) is 0 Å². The molecule has 1 rings (SSSR count). The first-order valence-corrected chi connectivity index (χ1v) is 4.30. The summed E-state index contributed by atoms with van der Waals surface area (Å²) >= 11 is 0. The van der Waals surface area contributed by atoms with Crippen LogP contribution < -0.4 is 5.73 Å². The number of nitrogens with zero attached hydrogens (tertiary/aromatic N) is 1. The standard InChI is InChI=1S/C9H10F2N2O3/c1-16-9(15)4-2-6(14)5(3-12)13-7(4)8(10)11/h2,8,14H,3,12H2,1H3. The van der Waals surface area contributed by atoms with E-state index in [0.717, 1.165) is 13.2 Å². The van der Waals surface area contributed by atoms with Crippen LogP contribution >= 0.6 is 0 Å². The molecule has 5 nitrogen and oxygen atoms in total. The molecule has 0 radical (unpaired) electrons. The number of carbonyl (C=O) groups is 1. The maximum Gasteiger partial charge on any atom is 0.340 e. The van der Waals surface area contributed by atoms with Crippen molar-refractivity contribution in [2.24, 2.45) is 5.73 Å². The van der Waals surface area contributed by atoms with Crippen LogP contribution in [0.25, 0.3) is 0 Å². The van der Waals surface area contributed by atoms with E-state index in [1.165, 1.54) is 0 Å². The third-order valence-electron chi connectivity index (χ3n) is 1.91. The summed E-state index contributed by atoms with van der Waals surface area (Å²) in [6.45, 7) is -0.201. The van der Waals surface area contributed by atoms with E-state index in [2.05, 4.69) is 9.72 Å². The lowest BCUT2D eigenvalue weighted by Crippen LogP contribution is -2.11. The molecule has 0 fully saturated rings. The van der Waals surface area contributed by atoms with Crippen molar-refractivity contribution in [3.63, 3.8) is 0 Å². The van der Waals surface area contributed by atoms with Crippen molar-refractivity contribution >= 4 is 5.97 Å². The SMILES string of the molecule is COC(=O)c1cc(O)c(CN)nc1C(F)F. The van der Waals surface area contributed by atoms with E-state index in [4.69, 9.17) is 5.73 Å². The van der Waals surface area contributed by atoms with Gasteiger partial charge < -0.3 is 15.6 Å². The van der Waals surface area contributed by atoms with E-state index in [-0.39, 0.29) is 12.2 Å². The lowest BCUT2D eigenvalue weighted by atomic mass is 10.1. The molecule has 88 valence electrons. The van der Waals surface area contributed by atoms with Crippen LogP contribution in [-0.4, -0.2) is 23.2 Å². The summed E-state index contributed by atoms with van der Waals surface area (Å²) in [5, 5.41) is 9.35. The summed E-state index contributed by atoms with van der Waals surface area (Å²) in [5.41, 5.74) is 3.89. The molecule has 0 aliphatic carbocycles. The van der Waals surface area contributed by atoms with Gasteiger partial charge in [0, 0.05) is 6.54 Å². The second-order valence-corrected chi connectivity index (χ2v) is 2.88. The van der Waals surface area contributed by atoms with Crippen molar-refractivity contribution in [2.75, 3.05) is 7.11 Å². The largest absolute Gasteiger partial charge is 0.506 e. The lowest BCUT2D eigenvalue weighted by Gasteiger charge is -2.09. The van der Waals surface area contributed by atoms with E-state index in [9.17, 15) is 18.7 Å². The van der Waals surface area contributed by atoms with Gasteiger partial charge >= 0.3 is 5.97 Å². The van der Waals surface area contributed by atoms with Crippen LogP contribution in [0, 0.1) is 0 Å². The summed E-state index contributed by atoms with van der Waals surface area (Å²) in [6.07, 6.45) is -2.94. The van der Waals surface area contributed by atoms with Gasteiger partial charge in [0.25, 0.3) is 6.43 Å². The quantitative estimate of drug-likeness (QED) is 0.758. The Hall–Kier alpha value is -1.76. The molecule has 0 aliphatic rings. The number of pyridine rings is 1. The number of halogens is 2. The van der Waals surface area contributed by atoms with Crippen molar-refractivity contribution in [3.8, 4) is 5.75 Å². The molecule has 0 amide bonds. The Kier molecular flexibility index (Phi) is 3.73. The first-order chi connectivity index (χ1) is 7.51. The molecule has 3 N–H and O–H groups in total. The molecule has 1 heterocycles. The molecule has 0 bridgehead atoms. The second kappa shape index (κ2) is 4.84. The third-order valence-corrected chi connectivity index (χ3v) is 1.91. The number of aromatic nitrogens is 1. The second-order valence-electron chi connectivity index (χ2n) is 2.88. The number of methoxy groups -OCH3 is 1. The van der Waals surface area contributed by atoms with Gasteiger partial charge in [0.2, 0.25) is 0 Å². The van der Waals surface area contributed by atoms with Gasteiger partial charge in [0.15, 0.2) is 0 Å². The minimum Gasteiger partial charge on any atom is -0.506 e. The number of alkyl halides is 2. The Labute approximate surface area is 89.9 Å². The van der Waals surface area contributed by atoms with Gasteiger partial charge in [-0.25, -0.2) is 18.6 Å². The predicted molar refractivity (Wildman–Crippen MR) is 50.1 cm³/mol. The summed E-state index contributed by atoms with van der Waals surface area (Å²) in [4.78, 5) is 14.6. The van der Waals surface area contributed by atoms with Crippen LogP contribution in [0.5, 0.6) is 5.75 Å². The molecular weight excluding hydrogens is 222 g/mol. The molecule has 0 saturated heterocycles. The van der Waals surface area contributed by atoms with E-state index in [0.29, 0.717) is 0 Å². The third kappa shape index (κ3) is 2.25. The van der Waals surface area contributed by atoms with Crippen LogP contribution in [0.2, 0.25) is 0 Å². The molecule has 0 aliphatic heterocycles. The van der Waals surface area contributed by atoms with Gasteiger partial charge in [-0.05, 0) is 6.07 Å². The van der Waals surface area contributed by atoms with Crippen molar-refractivity contribution in [1.82, 2.24) is 4.98 Å². The Balaban J connectivity index is 3.36. The summed E-state index contributed by atoms with van der Waals surface area (Å²) in [7, 11) is 1.05. The zero-order chi connectivity index (χ0) is 12.3. The number of esters is 1. The predicted octanol–water partition coefficient (Wildman–Crippen LogP) is 0.970. The van der Waals surface area contributed by atoms with E-state index in [1.807, 2.05) is 0 Å². The minimum atomic E-state index is -2.94. The van der Waals surface area contributed by atoms with E-state index >= 15 is 0 Å². The monoisotopic (exact) mass is 232 g/mol. The van der Waals surface area contributed by atoms with Crippen molar-refractivity contribution in [3.05, 3.63) is 23.0 Å². The number of ether oxygens (including phenoxy) is 1. The molecule has 0 atom stereocenters. The molecular formula is C9H10F2N2O3. The van der Waals surface area contributed by atoms with Gasteiger partial charge in [-0.1, -0.05) is 0 Å².